The first-order valence-corrected chi connectivity index (χ1v) is 8.25. The number of fused-ring (bicyclic) bond motifs is 1. The highest BCUT2D eigenvalue weighted by atomic mass is 32.2. The van der Waals surface area contributed by atoms with Gasteiger partial charge in [-0.05, 0) is 57.5 Å². The lowest BCUT2D eigenvalue weighted by atomic mass is 9.83. The van der Waals surface area contributed by atoms with Gasteiger partial charge in [-0.15, -0.1) is 0 Å². The maximum Gasteiger partial charge on any atom is 0.0136 e. The van der Waals surface area contributed by atoms with Gasteiger partial charge >= 0.3 is 0 Å². The van der Waals surface area contributed by atoms with Crippen molar-refractivity contribution in [2.24, 2.45) is 5.92 Å². The Kier molecular flexibility index (Phi) is 5.46. The van der Waals surface area contributed by atoms with Gasteiger partial charge in [-0.25, -0.2) is 0 Å². The van der Waals surface area contributed by atoms with E-state index >= 15 is 0 Å². The molecule has 94 valence electrons. The Morgan fingerprint density at radius 3 is 2.94 bits per heavy atom. The number of hydrogen-bond donors (Lipinski definition) is 1. The van der Waals surface area contributed by atoms with E-state index in [1.165, 1.54) is 64.0 Å². The van der Waals surface area contributed by atoms with Crippen LogP contribution in [0.2, 0.25) is 0 Å². The fraction of sp³-hybridized carbons (Fsp3) is 1.00. The molecular formula is C13H26N2S. The Hall–Kier alpha value is 0.270. The average Bonchev–Trinajstić information content (AvgIpc) is 2.35. The molecule has 0 amide bonds. The van der Waals surface area contributed by atoms with Gasteiger partial charge in [-0.3, -0.25) is 0 Å². The lowest BCUT2D eigenvalue weighted by Crippen LogP contribution is -2.50. The predicted molar refractivity (Wildman–Crippen MR) is 73.2 cm³/mol. The van der Waals surface area contributed by atoms with Gasteiger partial charge in [0.1, 0.15) is 0 Å². The number of hydrogen-bond acceptors (Lipinski definition) is 3. The van der Waals surface area contributed by atoms with Crippen LogP contribution in [0, 0.1) is 5.92 Å². The minimum atomic E-state index is 0.907. The first kappa shape index (κ1) is 12.7. The molecular weight excluding hydrogens is 216 g/mol. The molecule has 16 heavy (non-hydrogen) atoms. The molecule has 0 aromatic heterocycles. The Morgan fingerprint density at radius 2 is 2.06 bits per heavy atom. The van der Waals surface area contributed by atoms with Gasteiger partial charge in [0.05, 0.1) is 0 Å². The maximum absolute atomic E-state index is 3.64. The van der Waals surface area contributed by atoms with Gasteiger partial charge in [-0.2, -0.15) is 11.8 Å². The molecule has 0 radical (unpaired) electrons. The van der Waals surface area contributed by atoms with Gasteiger partial charge in [0.25, 0.3) is 0 Å². The third kappa shape index (κ3) is 3.38. The zero-order chi connectivity index (χ0) is 11.2. The van der Waals surface area contributed by atoms with Crippen LogP contribution in [0.3, 0.4) is 0 Å². The normalized spacial score (nSPS) is 31.3. The summed E-state index contributed by atoms with van der Waals surface area (Å²) in [5, 5.41) is 3.64. The van der Waals surface area contributed by atoms with Crippen molar-refractivity contribution in [3.8, 4) is 0 Å². The Labute approximate surface area is 105 Å². The summed E-state index contributed by atoms with van der Waals surface area (Å²) in [5.41, 5.74) is 0. The minimum absolute atomic E-state index is 0.907. The van der Waals surface area contributed by atoms with Crippen LogP contribution in [0.1, 0.15) is 32.1 Å². The SMILES string of the molecule is CSCCNC[C@@H]1CCCN2CCCC[C@H]12. The highest BCUT2D eigenvalue weighted by Gasteiger charge is 2.32. The van der Waals surface area contributed by atoms with E-state index in [1.807, 2.05) is 11.8 Å². The minimum Gasteiger partial charge on any atom is -0.316 e. The van der Waals surface area contributed by atoms with Crippen LogP contribution in [0.4, 0.5) is 0 Å². The molecule has 0 saturated carbocycles. The summed E-state index contributed by atoms with van der Waals surface area (Å²) in [6, 6.07) is 0.907. The largest absolute Gasteiger partial charge is 0.316 e. The van der Waals surface area contributed by atoms with E-state index in [0.717, 1.165) is 12.0 Å². The van der Waals surface area contributed by atoms with Gasteiger partial charge in [0.2, 0.25) is 0 Å². The number of piperidine rings is 2. The lowest BCUT2D eigenvalue weighted by Gasteiger charge is -2.44. The fourth-order valence-electron chi connectivity index (χ4n) is 3.28. The summed E-state index contributed by atoms with van der Waals surface area (Å²) in [7, 11) is 0. The molecule has 0 aromatic carbocycles. The number of rotatable bonds is 5. The molecule has 0 spiro atoms. The third-order valence-corrected chi connectivity index (χ3v) is 4.73. The summed E-state index contributed by atoms with van der Waals surface area (Å²) in [5.74, 6) is 2.18. The van der Waals surface area contributed by atoms with Crippen molar-refractivity contribution < 1.29 is 0 Å². The molecule has 0 aromatic rings. The number of nitrogens with zero attached hydrogens (tertiary/aromatic N) is 1. The molecule has 2 heterocycles. The van der Waals surface area contributed by atoms with Gasteiger partial charge in [0, 0.05) is 18.3 Å². The van der Waals surface area contributed by atoms with Crippen molar-refractivity contribution in [2.75, 3.05) is 38.2 Å². The zero-order valence-corrected chi connectivity index (χ0v) is 11.4. The van der Waals surface area contributed by atoms with E-state index in [0.29, 0.717) is 0 Å². The lowest BCUT2D eigenvalue weighted by molar-refractivity contribution is 0.0597. The molecule has 2 atom stereocenters. The maximum atomic E-state index is 3.64. The van der Waals surface area contributed by atoms with E-state index < -0.39 is 0 Å². The molecule has 1 N–H and O–H groups in total. The molecule has 0 bridgehead atoms. The van der Waals surface area contributed by atoms with Crippen molar-refractivity contribution in [3.05, 3.63) is 0 Å². The van der Waals surface area contributed by atoms with Crippen LogP contribution < -0.4 is 5.32 Å². The zero-order valence-electron chi connectivity index (χ0n) is 10.6. The standard InChI is InChI=1S/C13H26N2S/c1-16-10-7-14-11-12-5-4-9-15-8-3-2-6-13(12)15/h12-14H,2-11H2,1H3/t12-,13+/m0/s1. The van der Waals surface area contributed by atoms with E-state index in [2.05, 4.69) is 16.5 Å². The van der Waals surface area contributed by atoms with Crippen LogP contribution >= 0.6 is 11.8 Å². The second-order valence-corrected chi connectivity index (χ2v) is 6.18. The molecule has 0 unspecified atom stereocenters. The van der Waals surface area contributed by atoms with Crippen LogP contribution in [0.15, 0.2) is 0 Å². The van der Waals surface area contributed by atoms with Gasteiger partial charge in [0.15, 0.2) is 0 Å². The van der Waals surface area contributed by atoms with Crippen LogP contribution in [-0.4, -0.2) is 49.1 Å². The summed E-state index contributed by atoms with van der Waals surface area (Å²) < 4.78 is 0. The molecule has 2 rings (SSSR count). The molecule has 2 aliphatic rings. The fourth-order valence-corrected chi connectivity index (χ4v) is 3.63. The Balaban J connectivity index is 1.74. The van der Waals surface area contributed by atoms with Crippen molar-refractivity contribution in [3.63, 3.8) is 0 Å². The van der Waals surface area contributed by atoms with Crippen molar-refractivity contribution in [1.29, 1.82) is 0 Å². The van der Waals surface area contributed by atoms with Crippen molar-refractivity contribution in [2.45, 2.75) is 38.1 Å². The van der Waals surface area contributed by atoms with Crippen molar-refractivity contribution in [1.82, 2.24) is 10.2 Å². The number of nitrogens with one attached hydrogen (secondary N) is 1. The quantitative estimate of drug-likeness (QED) is 0.744. The summed E-state index contributed by atoms with van der Waals surface area (Å²) in [6.45, 7) is 5.17. The summed E-state index contributed by atoms with van der Waals surface area (Å²) in [4.78, 5) is 2.76. The van der Waals surface area contributed by atoms with Gasteiger partial charge < -0.3 is 10.2 Å². The summed E-state index contributed by atoms with van der Waals surface area (Å²) >= 11 is 1.94. The first-order chi connectivity index (χ1) is 7.92. The second kappa shape index (κ2) is 6.87. The Morgan fingerprint density at radius 1 is 1.19 bits per heavy atom. The van der Waals surface area contributed by atoms with E-state index in [-0.39, 0.29) is 0 Å². The molecule has 2 nitrogen and oxygen atoms in total. The molecule has 3 heteroatoms. The molecule has 2 aliphatic heterocycles. The molecule has 2 fully saturated rings. The molecule has 0 aliphatic carbocycles. The first-order valence-electron chi connectivity index (χ1n) is 6.85. The Bertz CT molecular complexity index is 196. The highest BCUT2D eigenvalue weighted by molar-refractivity contribution is 7.98. The summed E-state index contributed by atoms with van der Waals surface area (Å²) in [6.07, 6.45) is 9.41. The smallest absolute Gasteiger partial charge is 0.0136 e. The predicted octanol–water partition coefficient (Wildman–Crippen LogP) is 2.20. The van der Waals surface area contributed by atoms with Crippen LogP contribution in [0.5, 0.6) is 0 Å². The van der Waals surface area contributed by atoms with E-state index in [9.17, 15) is 0 Å². The van der Waals surface area contributed by atoms with Crippen LogP contribution in [0.25, 0.3) is 0 Å². The second-order valence-electron chi connectivity index (χ2n) is 5.20. The van der Waals surface area contributed by atoms with Crippen molar-refractivity contribution >= 4 is 11.8 Å². The number of thioether (sulfide) groups is 1. The average molecular weight is 242 g/mol. The highest BCUT2D eigenvalue weighted by Crippen LogP contribution is 2.30. The van der Waals surface area contributed by atoms with Gasteiger partial charge in [-0.1, -0.05) is 6.42 Å². The molecule has 2 saturated heterocycles. The topological polar surface area (TPSA) is 15.3 Å². The van der Waals surface area contributed by atoms with E-state index in [1.54, 1.807) is 0 Å². The third-order valence-electron chi connectivity index (χ3n) is 4.12. The van der Waals surface area contributed by atoms with E-state index in [4.69, 9.17) is 0 Å². The van der Waals surface area contributed by atoms with Crippen LogP contribution in [-0.2, 0) is 0 Å². The monoisotopic (exact) mass is 242 g/mol.